The van der Waals surface area contributed by atoms with Crippen molar-refractivity contribution < 1.29 is 26.3 Å². The highest BCUT2D eigenvalue weighted by molar-refractivity contribution is 5.95. The summed E-state index contributed by atoms with van der Waals surface area (Å²) in [6, 6.07) is 17.3. The van der Waals surface area contributed by atoms with E-state index < -0.39 is 23.5 Å². The molecule has 5 rings (SSSR count). The Balaban J connectivity index is 1.42. The number of anilines is 4. The lowest BCUT2D eigenvalue weighted by Crippen LogP contribution is -2.05. The van der Waals surface area contributed by atoms with Crippen LogP contribution in [0.15, 0.2) is 78.9 Å². The van der Waals surface area contributed by atoms with Crippen LogP contribution >= 0.6 is 0 Å². The minimum Gasteiger partial charge on any atom is -0.398 e. The molecular formula is C27H18F6N6. The van der Waals surface area contributed by atoms with Crippen molar-refractivity contribution >= 4 is 34.0 Å². The Hall–Kier alpha value is -4.87. The summed E-state index contributed by atoms with van der Waals surface area (Å²) < 4.78 is 77.3. The third-order valence-corrected chi connectivity index (χ3v) is 5.87. The van der Waals surface area contributed by atoms with Gasteiger partial charge in [0.15, 0.2) is 0 Å². The molecule has 0 spiro atoms. The highest BCUT2D eigenvalue weighted by Gasteiger charge is 2.30. The van der Waals surface area contributed by atoms with Crippen molar-refractivity contribution in [2.75, 3.05) is 16.8 Å². The molecule has 39 heavy (non-hydrogen) atoms. The van der Waals surface area contributed by atoms with E-state index in [1.807, 2.05) is 0 Å². The summed E-state index contributed by atoms with van der Waals surface area (Å²) in [7, 11) is 0. The number of hydrogen-bond acceptors (Lipinski definition) is 6. The minimum absolute atomic E-state index is 0.0851. The van der Waals surface area contributed by atoms with E-state index in [4.69, 9.17) is 11.5 Å². The fourth-order valence-electron chi connectivity index (χ4n) is 3.96. The molecule has 0 fully saturated rings. The van der Waals surface area contributed by atoms with Crippen molar-refractivity contribution in [1.29, 1.82) is 0 Å². The molecule has 0 bridgehead atoms. The summed E-state index contributed by atoms with van der Waals surface area (Å²) in [5.41, 5.74) is 13.6. The second-order valence-electron chi connectivity index (χ2n) is 8.60. The first kappa shape index (κ1) is 25.8. The van der Waals surface area contributed by atoms with Crippen molar-refractivity contribution in [2.45, 2.75) is 12.4 Å². The van der Waals surface area contributed by atoms with Crippen LogP contribution in [0, 0.1) is 0 Å². The predicted octanol–water partition coefficient (Wildman–Crippen LogP) is 7.30. The van der Waals surface area contributed by atoms with Gasteiger partial charge >= 0.3 is 12.4 Å². The third kappa shape index (κ3) is 5.54. The van der Waals surface area contributed by atoms with E-state index in [0.717, 1.165) is 24.3 Å². The summed E-state index contributed by atoms with van der Waals surface area (Å²) in [5, 5.41) is 3.66. The SMILES string of the molecule is Nc1nc(Nc2ccc3nc(-c4ccc(C(F)(F)F)cc4)cc(N)c3c2)cc(-c2ccc(C(F)(F)F)cc2)n1. The van der Waals surface area contributed by atoms with Crippen molar-refractivity contribution in [3.05, 3.63) is 90.0 Å². The first-order valence-electron chi connectivity index (χ1n) is 11.3. The van der Waals surface area contributed by atoms with Crippen molar-refractivity contribution in [2.24, 2.45) is 0 Å². The number of benzene rings is 3. The van der Waals surface area contributed by atoms with Gasteiger partial charge < -0.3 is 16.8 Å². The third-order valence-electron chi connectivity index (χ3n) is 5.87. The number of hydrogen-bond donors (Lipinski definition) is 3. The molecule has 198 valence electrons. The van der Waals surface area contributed by atoms with Crippen LogP contribution in [0.25, 0.3) is 33.4 Å². The Morgan fingerprint density at radius 3 is 1.67 bits per heavy atom. The van der Waals surface area contributed by atoms with Gasteiger partial charge in [0.25, 0.3) is 0 Å². The van der Waals surface area contributed by atoms with Gasteiger partial charge in [-0.2, -0.15) is 31.3 Å². The van der Waals surface area contributed by atoms with Crippen LogP contribution < -0.4 is 16.8 Å². The second kappa shape index (κ2) is 9.46. The summed E-state index contributed by atoms with van der Waals surface area (Å²) in [4.78, 5) is 12.8. The topological polar surface area (TPSA) is 103 Å². The van der Waals surface area contributed by atoms with E-state index in [9.17, 15) is 26.3 Å². The Morgan fingerprint density at radius 2 is 1.13 bits per heavy atom. The zero-order valence-electron chi connectivity index (χ0n) is 19.8. The average Bonchev–Trinajstić information content (AvgIpc) is 2.88. The van der Waals surface area contributed by atoms with Crippen LogP contribution in [-0.4, -0.2) is 15.0 Å². The van der Waals surface area contributed by atoms with E-state index >= 15 is 0 Å². The number of nitrogens with zero attached hydrogens (tertiary/aromatic N) is 3. The fraction of sp³-hybridized carbons (Fsp3) is 0.0741. The Kier molecular flexibility index (Phi) is 6.25. The lowest BCUT2D eigenvalue weighted by atomic mass is 10.1. The molecule has 5 N–H and O–H groups in total. The Labute approximate surface area is 217 Å². The molecular weight excluding hydrogens is 522 g/mol. The average molecular weight is 540 g/mol. The lowest BCUT2D eigenvalue weighted by molar-refractivity contribution is -0.138. The summed E-state index contributed by atoms with van der Waals surface area (Å²) >= 11 is 0. The highest BCUT2D eigenvalue weighted by atomic mass is 19.4. The van der Waals surface area contributed by atoms with Gasteiger partial charge in [0.2, 0.25) is 5.95 Å². The molecule has 0 aliphatic rings. The lowest BCUT2D eigenvalue weighted by Gasteiger charge is -2.12. The number of rotatable bonds is 4. The molecule has 0 atom stereocenters. The highest BCUT2D eigenvalue weighted by Crippen LogP contribution is 2.34. The second-order valence-corrected chi connectivity index (χ2v) is 8.60. The maximum Gasteiger partial charge on any atom is 0.416 e. The number of nitrogen functional groups attached to an aromatic ring is 2. The van der Waals surface area contributed by atoms with E-state index in [1.54, 1.807) is 30.3 Å². The first-order chi connectivity index (χ1) is 18.4. The fourth-order valence-corrected chi connectivity index (χ4v) is 3.96. The maximum atomic E-state index is 12.9. The molecule has 0 aliphatic heterocycles. The molecule has 0 saturated carbocycles. The standard InChI is InChI=1S/C27H18F6N6/c28-26(29,30)16-5-1-14(2-6-16)22-12-20(34)19-11-18(9-10-21(19)37-22)36-24-13-23(38-25(35)39-24)15-3-7-17(8-4-15)27(31,32)33/h1-13H,(H2,34,37)(H3,35,36,38,39). The molecule has 5 aromatic rings. The van der Waals surface area contributed by atoms with E-state index in [2.05, 4.69) is 20.3 Å². The number of pyridine rings is 1. The molecule has 0 saturated heterocycles. The van der Waals surface area contributed by atoms with Crippen molar-refractivity contribution in [3.8, 4) is 22.5 Å². The predicted molar refractivity (Wildman–Crippen MR) is 137 cm³/mol. The minimum atomic E-state index is -4.46. The van der Waals surface area contributed by atoms with Gasteiger partial charge in [-0.25, -0.2) is 9.97 Å². The molecule has 2 heterocycles. The summed E-state index contributed by atoms with van der Waals surface area (Å²) in [5.74, 6) is 0.211. The maximum absolute atomic E-state index is 12.9. The number of nitrogens with one attached hydrogen (secondary N) is 1. The normalized spacial score (nSPS) is 12.1. The van der Waals surface area contributed by atoms with Gasteiger partial charge in [-0.1, -0.05) is 24.3 Å². The number of nitrogens with two attached hydrogens (primary N) is 2. The van der Waals surface area contributed by atoms with Gasteiger partial charge in [0.1, 0.15) is 5.82 Å². The van der Waals surface area contributed by atoms with Crippen LogP contribution in [-0.2, 0) is 12.4 Å². The number of alkyl halides is 6. The Morgan fingerprint density at radius 1 is 0.590 bits per heavy atom. The van der Waals surface area contributed by atoms with Gasteiger partial charge in [-0.05, 0) is 48.5 Å². The summed E-state index contributed by atoms with van der Waals surface area (Å²) in [6.07, 6.45) is -8.90. The monoisotopic (exact) mass is 540 g/mol. The van der Waals surface area contributed by atoms with Crippen molar-refractivity contribution in [1.82, 2.24) is 15.0 Å². The number of fused-ring (bicyclic) bond motifs is 1. The molecule has 0 radical (unpaired) electrons. The molecule has 0 aliphatic carbocycles. The van der Waals surface area contributed by atoms with Crippen LogP contribution in [0.3, 0.4) is 0 Å². The molecule has 3 aromatic carbocycles. The molecule has 6 nitrogen and oxygen atoms in total. The number of halogens is 6. The first-order valence-corrected chi connectivity index (χ1v) is 11.3. The van der Waals surface area contributed by atoms with E-state index in [-0.39, 0.29) is 5.95 Å². The quantitative estimate of drug-likeness (QED) is 0.207. The number of aromatic nitrogens is 3. The largest absolute Gasteiger partial charge is 0.416 e. The van der Waals surface area contributed by atoms with E-state index in [1.165, 1.54) is 24.3 Å². The molecule has 2 aromatic heterocycles. The molecule has 0 amide bonds. The zero-order valence-corrected chi connectivity index (χ0v) is 19.8. The van der Waals surface area contributed by atoms with Crippen LogP contribution in [0.4, 0.5) is 49.5 Å². The van der Waals surface area contributed by atoms with E-state index in [0.29, 0.717) is 50.6 Å². The summed E-state index contributed by atoms with van der Waals surface area (Å²) in [6.45, 7) is 0. The van der Waals surface area contributed by atoms with Gasteiger partial charge in [-0.15, -0.1) is 0 Å². The van der Waals surface area contributed by atoms with Gasteiger partial charge in [-0.3, -0.25) is 0 Å². The van der Waals surface area contributed by atoms with Crippen molar-refractivity contribution in [3.63, 3.8) is 0 Å². The zero-order chi connectivity index (χ0) is 27.9. The molecule has 12 heteroatoms. The van der Waals surface area contributed by atoms with Gasteiger partial charge in [0, 0.05) is 34.0 Å². The smallest absolute Gasteiger partial charge is 0.398 e. The van der Waals surface area contributed by atoms with Crippen LogP contribution in [0.1, 0.15) is 11.1 Å². The Bertz CT molecular complexity index is 1660. The van der Waals surface area contributed by atoms with Gasteiger partial charge in [0.05, 0.1) is 28.0 Å². The molecule has 0 unspecified atom stereocenters. The van der Waals surface area contributed by atoms with Crippen LogP contribution in [0.2, 0.25) is 0 Å². The van der Waals surface area contributed by atoms with Crippen LogP contribution in [0.5, 0.6) is 0 Å².